The van der Waals surface area contributed by atoms with E-state index in [1.165, 1.54) is 44.2 Å². The monoisotopic (exact) mass is 572 g/mol. The number of morpholine rings is 1. The highest BCUT2D eigenvalue weighted by Crippen LogP contribution is 2.31. The van der Waals surface area contributed by atoms with Crippen LogP contribution in [-0.4, -0.2) is 90.5 Å². The van der Waals surface area contributed by atoms with E-state index in [4.69, 9.17) is 16.3 Å². The predicted molar refractivity (Wildman–Crippen MR) is 153 cm³/mol. The number of benzene rings is 1. The molecule has 1 saturated carbocycles. The molecule has 1 aliphatic carbocycles. The second-order valence-corrected chi connectivity index (χ2v) is 12.4. The minimum Gasteiger partial charge on any atom is -0.379 e. The number of carbonyl (C=O) groups is 1. The Morgan fingerprint density at radius 2 is 2.05 bits per heavy atom. The average molecular weight is 573 g/mol. The number of hydrogen-bond acceptors (Lipinski definition) is 6. The Hall–Kier alpha value is -0.940. The zero-order chi connectivity index (χ0) is 27.3. The van der Waals surface area contributed by atoms with Crippen molar-refractivity contribution in [2.45, 2.75) is 70.0 Å². The van der Waals surface area contributed by atoms with Gasteiger partial charge in [0.15, 0.2) is 0 Å². The standard InChI is InChI=1S/C15H31N3OS.C13H15ClFNO2/c1-3-11-20(19)18-10-9-17-12-14(18)8-7-13-5-4-6-15(13)16-2;14-11-2-1-10(9-12(11)15)13(3-6-17)16-4-7-18-8-5-16/h13-17H,3-12H2,1-2H3;1-2,6,9,13H,3-5,7-8H2/t13-,14?,15?,20?;/m1./s1. The van der Waals surface area contributed by atoms with E-state index in [0.717, 1.165) is 62.7 Å². The first-order valence-electron chi connectivity index (χ1n) is 14.2. The molecule has 3 aliphatic rings. The number of nitrogens with zero attached hydrogens (tertiary/aromatic N) is 2. The molecule has 0 bridgehead atoms. The van der Waals surface area contributed by atoms with Crippen molar-refractivity contribution in [2.75, 3.05) is 58.7 Å². The van der Waals surface area contributed by atoms with Crippen LogP contribution in [0, 0.1) is 11.7 Å². The lowest BCUT2D eigenvalue weighted by molar-refractivity contribution is -0.109. The third-order valence-corrected chi connectivity index (χ3v) is 10.0. The van der Waals surface area contributed by atoms with Crippen LogP contribution in [0.25, 0.3) is 0 Å². The second-order valence-electron chi connectivity index (χ2n) is 10.4. The molecule has 0 radical (unpaired) electrons. The molecule has 1 aromatic rings. The molecule has 0 spiro atoms. The zero-order valence-corrected chi connectivity index (χ0v) is 24.6. The van der Waals surface area contributed by atoms with Gasteiger partial charge in [0.05, 0.1) is 29.2 Å². The molecular weight excluding hydrogens is 527 g/mol. The Bertz CT molecular complexity index is 877. The summed E-state index contributed by atoms with van der Waals surface area (Å²) >= 11 is 5.67. The molecule has 216 valence electrons. The number of rotatable bonds is 11. The highest BCUT2D eigenvalue weighted by molar-refractivity contribution is 7.82. The summed E-state index contributed by atoms with van der Waals surface area (Å²) in [5.41, 5.74) is 0.783. The fourth-order valence-corrected chi connectivity index (χ4v) is 7.42. The van der Waals surface area contributed by atoms with Gasteiger partial charge in [-0.3, -0.25) is 4.90 Å². The van der Waals surface area contributed by atoms with Gasteiger partial charge >= 0.3 is 0 Å². The van der Waals surface area contributed by atoms with E-state index in [1.807, 2.05) is 0 Å². The quantitative estimate of drug-likeness (QED) is 0.391. The molecule has 2 N–H and O–H groups in total. The lowest BCUT2D eigenvalue weighted by atomic mass is 9.94. The van der Waals surface area contributed by atoms with Gasteiger partial charge in [-0.1, -0.05) is 31.0 Å². The largest absolute Gasteiger partial charge is 0.379 e. The third kappa shape index (κ3) is 9.32. The van der Waals surface area contributed by atoms with Gasteiger partial charge in [0.1, 0.15) is 12.1 Å². The maximum absolute atomic E-state index is 13.5. The van der Waals surface area contributed by atoms with Crippen LogP contribution in [0.1, 0.15) is 63.5 Å². The van der Waals surface area contributed by atoms with E-state index in [1.54, 1.807) is 6.07 Å². The van der Waals surface area contributed by atoms with Gasteiger partial charge in [-0.05, 0) is 62.8 Å². The molecule has 10 heteroatoms. The summed E-state index contributed by atoms with van der Waals surface area (Å²) in [5.74, 6) is 1.20. The molecule has 5 atom stereocenters. The SMILES string of the molecule is CCCS(=O)N1CCNCC1CC[C@H]1CCCC1NC.O=CCC(c1ccc(Cl)c(F)c1)N1CCOCC1. The van der Waals surface area contributed by atoms with Gasteiger partial charge in [0.25, 0.3) is 0 Å². The molecule has 2 aliphatic heterocycles. The Kier molecular flexibility index (Phi) is 14.1. The number of ether oxygens (including phenoxy) is 1. The molecule has 7 nitrogen and oxygen atoms in total. The molecule has 4 unspecified atom stereocenters. The highest BCUT2D eigenvalue weighted by Gasteiger charge is 2.30. The van der Waals surface area contributed by atoms with Gasteiger partial charge in [-0.15, -0.1) is 0 Å². The summed E-state index contributed by atoms with van der Waals surface area (Å²) in [6.45, 7) is 7.84. The number of aldehydes is 1. The van der Waals surface area contributed by atoms with Crippen LogP contribution in [0.5, 0.6) is 0 Å². The Morgan fingerprint density at radius 3 is 2.74 bits per heavy atom. The minimum atomic E-state index is -0.772. The van der Waals surface area contributed by atoms with Crippen LogP contribution in [0.4, 0.5) is 4.39 Å². The van der Waals surface area contributed by atoms with Crippen LogP contribution >= 0.6 is 11.6 Å². The summed E-state index contributed by atoms with van der Waals surface area (Å²) in [7, 11) is 1.32. The molecule has 0 aromatic heterocycles. The van der Waals surface area contributed by atoms with E-state index in [2.05, 4.69) is 33.8 Å². The molecule has 1 aromatic carbocycles. The maximum Gasteiger partial charge on any atom is 0.142 e. The van der Waals surface area contributed by atoms with E-state index in [0.29, 0.717) is 31.7 Å². The Morgan fingerprint density at radius 1 is 1.26 bits per heavy atom. The van der Waals surface area contributed by atoms with Crippen molar-refractivity contribution in [1.29, 1.82) is 0 Å². The zero-order valence-electron chi connectivity index (χ0n) is 23.0. The van der Waals surface area contributed by atoms with Gasteiger partial charge in [-0.25, -0.2) is 12.9 Å². The average Bonchev–Trinajstić information content (AvgIpc) is 3.41. The first-order chi connectivity index (χ1) is 18.5. The fraction of sp³-hybridized carbons (Fsp3) is 0.750. The predicted octanol–water partition coefficient (Wildman–Crippen LogP) is 3.94. The minimum absolute atomic E-state index is 0.0989. The summed E-state index contributed by atoms with van der Waals surface area (Å²) in [6, 6.07) is 5.79. The summed E-state index contributed by atoms with van der Waals surface area (Å²) in [6.07, 6.45) is 8.74. The molecule has 2 heterocycles. The maximum atomic E-state index is 13.5. The van der Waals surface area contributed by atoms with Crippen molar-refractivity contribution < 1.29 is 18.1 Å². The van der Waals surface area contributed by atoms with Crippen molar-refractivity contribution in [1.82, 2.24) is 19.8 Å². The normalized spacial score (nSPS) is 26.4. The van der Waals surface area contributed by atoms with Crippen LogP contribution in [0.15, 0.2) is 18.2 Å². The van der Waals surface area contributed by atoms with Gasteiger partial charge in [0, 0.05) is 63.0 Å². The van der Waals surface area contributed by atoms with E-state index in [9.17, 15) is 13.4 Å². The van der Waals surface area contributed by atoms with Gasteiger partial charge in [0.2, 0.25) is 0 Å². The smallest absolute Gasteiger partial charge is 0.142 e. The van der Waals surface area contributed by atoms with Crippen LogP contribution in [0.3, 0.4) is 0 Å². The Balaban J connectivity index is 0.000000212. The van der Waals surface area contributed by atoms with Crippen LogP contribution in [-0.2, 0) is 20.5 Å². The Labute approximate surface area is 235 Å². The molecular formula is C28H46ClFN4O3S. The van der Waals surface area contributed by atoms with E-state index >= 15 is 0 Å². The van der Waals surface area contributed by atoms with Crippen molar-refractivity contribution in [3.05, 3.63) is 34.6 Å². The van der Waals surface area contributed by atoms with Gasteiger partial charge < -0.3 is 20.2 Å². The lowest BCUT2D eigenvalue weighted by Crippen LogP contribution is -2.52. The summed E-state index contributed by atoms with van der Waals surface area (Å²) < 4.78 is 33.3. The number of carbonyl (C=O) groups excluding carboxylic acids is 1. The van der Waals surface area contributed by atoms with Crippen molar-refractivity contribution in [3.8, 4) is 0 Å². The molecule has 2 saturated heterocycles. The van der Waals surface area contributed by atoms with Crippen LogP contribution < -0.4 is 10.6 Å². The fourth-order valence-electron chi connectivity index (χ4n) is 5.91. The number of piperazine rings is 1. The second kappa shape index (κ2) is 17.0. The van der Waals surface area contributed by atoms with E-state index in [-0.39, 0.29) is 11.1 Å². The number of halogens is 2. The highest BCUT2D eigenvalue weighted by atomic mass is 35.5. The van der Waals surface area contributed by atoms with Gasteiger partial charge in [-0.2, -0.15) is 0 Å². The third-order valence-electron chi connectivity index (χ3n) is 7.97. The van der Waals surface area contributed by atoms with Crippen molar-refractivity contribution in [3.63, 3.8) is 0 Å². The first-order valence-corrected chi connectivity index (χ1v) is 15.9. The van der Waals surface area contributed by atoms with Crippen molar-refractivity contribution >= 4 is 28.9 Å². The molecule has 0 amide bonds. The summed E-state index contributed by atoms with van der Waals surface area (Å²) in [5, 5.41) is 7.04. The number of hydrogen-bond donors (Lipinski definition) is 2. The topological polar surface area (TPSA) is 73.9 Å². The summed E-state index contributed by atoms with van der Waals surface area (Å²) in [4.78, 5) is 12.9. The molecule has 4 rings (SSSR count). The van der Waals surface area contributed by atoms with E-state index < -0.39 is 16.8 Å². The number of nitrogens with one attached hydrogen (secondary N) is 2. The first kappa shape index (κ1) is 31.6. The molecule has 3 fully saturated rings. The lowest BCUT2D eigenvalue weighted by Gasteiger charge is -2.35. The molecule has 38 heavy (non-hydrogen) atoms. The van der Waals surface area contributed by atoms with Crippen LogP contribution in [0.2, 0.25) is 5.02 Å². The van der Waals surface area contributed by atoms with Crippen molar-refractivity contribution in [2.24, 2.45) is 5.92 Å².